The van der Waals surface area contributed by atoms with Gasteiger partial charge in [0.05, 0.1) is 23.3 Å². The van der Waals surface area contributed by atoms with Gasteiger partial charge < -0.3 is 14.4 Å². The number of nitrogens with one attached hydrogen (secondary N) is 1. The Bertz CT molecular complexity index is 1540. The summed E-state index contributed by atoms with van der Waals surface area (Å²) in [5.74, 6) is -0.817. The van der Waals surface area contributed by atoms with Gasteiger partial charge in [-0.25, -0.2) is 13.2 Å². The Morgan fingerprint density at radius 3 is 2.42 bits per heavy atom. The van der Waals surface area contributed by atoms with E-state index in [1.807, 2.05) is 50.1 Å². The van der Waals surface area contributed by atoms with Crippen molar-refractivity contribution in [2.75, 3.05) is 30.4 Å². The number of rotatable bonds is 8. The number of nitrogens with zero attached hydrogens (tertiary/aromatic N) is 1. The predicted octanol–water partition coefficient (Wildman–Crippen LogP) is 4.84. The molecule has 0 bridgehead atoms. The number of carbonyl (C=O) groups excluding carboxylic acids is 2. The van der Waals surface area contributed by atoms with Gasteiger partial charge in [-0.15, -0.1) is 0 Å². The second-order valence-electron chi connectivity index (χ2n) is 9.56. The molecule has 0 atom stereocenters. The zero-order chi connectivity index (χ0) is 27.7. The van der Waals surface area contributed by atoms with Crippen LogP contribution in [0.15, 0.2) is 83.4 Å². The van der Waals surface area contributed by atoms with E-state index >= 15 is 0 Å². The summed E-state index contributed by atoms with van der Waals surface area (Å²) in [6, 6.07) is 18.8. The molecule has 0 saturated heterocycles. The number of esters is 1. The molecule has 0 aliphatic carbocycles. The molecule has 4 rings (SSSR count). The molecule has 9 heteroatoms. The van der Waals surface area contributed by atoms with Crippen LogP contribution >= 0.6 is 0 Å². The summed E-state index contributed by atoms with van der Waals surface area (Å²) in [4.78, 5) is 27.4. The molecule has 3 aromatic rings. The van der Waals surface area contributed by atoms with Crippen LogP contribution < -0.4 is 14.4 Å². The second kappa shape index (κ2) is 10.3. The molecule has 38 heavy (non-hydrogen) atoms. The molecule has 1 aliphatic heterocycles. The first kappa shape index (κ1) is 26.9. The smallest absolute Gasteiger partial charge is 0.338 e. The molecule has 198 valence electrons. The molecule has 0 radical (unpaired) electrons. The van der Waals surface area contributed by atoms with Crippen LogP contribution in [0, 0.1) is 6.92 Å². The third-order valence-electron chi connectivity index (χ3n) is 6.65. The maximum Gasteiger partial charge on any atom is 0.338 e. The van der Waals surface area contributed by atoms with E-state index in [-0.39, 0.29) is 27.3 Å². The average Bonchev–Trinajstić information content (AvgIpc) is 3.08. The van der Waals surface area contributed by atoms with Crippen LogP contribution in [0.2, 0.25) is 0 Å². The van der Waals surface area contributed by atoms with Crippen LogP contribution in [-0.4, -0.2) is 40.9 Å². The fourth-order valence-electron chi connectivity index (χ4n) is 4.62. The molecular weight excluding hydrogens is 504 g/mol. The minimum Gasteiger partial charge on any atom is -0.495 e. The number of anilines is 2. The first-order valence-electron chi connectivity index (χ1n) is 12.0. The van der Waals surface area contributed by atoms with E-state index < -0.39 is 22.6 Å². The Labute approximate surface area is 222 Å². The van der Waals surface area contributed by atoms with Gasteiger partial charge in [0, 0.05) is 29.9 Å². The summed E-state index contributed by atoms with van der Waals surface area (Å²) in [5.41, 5.74) is 3.25. The first-order valence-corrected chi connectivity index (χ1v) is 13.5. The molecule has 0 spiro atoms. The molecular formula is C29H30N2O6S. The Kier molecular flexibility index (Phi) is 7.33. The van der Waals surface area contributed by atoms with Gasteiger partial charge in [-0.1, -0.05) is 50.2 Å². The number of hydrogen-bond donors (Lipinski definition) is 1. The number of ether oxygens (including phenoxy) is 2. The van der Waals surface area contributed by atoms with Gasteiger partial charge in [-0.05, 0) is 48.4 Å². The van der Waals surface area contributed by atoms with E-state index in [1.165, 1.54) is 31.4 Å². The minimum atomic E-state index is -4.04. The summed E-state index contributed by atoms with van der Waals surface area (Å²) in [5, 5.41) is 0. The lowest BCUT2D eigenvalue weighted by Crippen LogP contribution is -2.25. The minimum absolute atomic E-state index is 0.0159. The van der Waals surface area contributed by atoms with Crippen molar-refractivity contribution in [1.29, 1.82) is 0 Å². The van der Waals surface area contributed by atoms with E-state index in [0.29, 0.717) is 11.3 Å². The van der Waals surface area contributed by atoms with Gasteiger partial charge in [-0.3, -0.25) is 9.52 Å². The van der Waals surface area contributed by atoms with Crippen LogP contribution in [-0.2, 0) is 25.0 Å². The number of hydrogen-bond acceptors (Lipinski definition) is 7. The number of allylic oxidation sites excluding steroid dienone is 1. The zero-order valence-electron chi connectivity index (χ0n) is 21.9. The molecule has 0 unspecified atom stereocenters. The van der Waals surface area contributed by atoms with Crippen LogP contribution in [0.5, 0.6) is 5.75 Å². The molecule has 0 aromatic heterocycles. The fourth-order valence-corrected chi connectivity index (χ4v) is 5.96. The number of carbonyl (C=O) groups is 2. The Morgan fingerprint density at radius 1 is 1.03 bits per heavy atom. The standard InChI is InChI=1S/C29H30N2O6S/c1-19-14-15-20(16-26(19)38(34,35)30-23-11-7-9-13-25(23)36-5)28(33)37-18-21(32)17-27-29(2,3)22-10-6-8-12-24(22)31(27)4/h6-17,30H,18H2,1-5H3. The van der Waals surface area contributed by atoms with E-state index in [2.05, 4.69) is 4.72 Å². The average molecular weight is 535 g/mol. The Balaban J connectivity index is 1.49. The van der Waals surface area contributed by atoms with Gasteiger partial charge in [0.25, 0.3) is 10.0 Å². The van der Waals surface area contributed by atoms with Gasteiger partial charge in [0.2, 0.25) is 0 Å². The quantitative estimate of drug-likeness (QED) is 0.326. The second-order valence-corrected chi connectivity index (χ2v) is 11.2. The topological polar surface area (TPSA) is 102 Å². The largest absolute Gasteiger partial charge is 0.495 e. The van der Waals surface area contributed by atoms with E-state index in [4.69, 9.17) is 9.47 Å². The number of ketones is 1. The highest BCUT2D eigenvalue weighted by Gasteiger charge is 2.38. The first-order chi connectivity index (χ1) is 18.0. The molecule has 0 saturated carbocycles. The molecule has 3 aromatic carbocycles. The summed E-state index contributed by atoms with van der Waals surface area (Å²) >= 11 is 0. The summed E-state index contributed by atoms with van der Waals surface area (Å²) in [6.07, 6.45) is 1.50. The maximum absolute atomic E-state index is 13.1. The number of aryl methyl sites for hydroxylation is 1. The van der Waals surface area contributed by atoms with Crippen molar-refractivity contribution in [3.8, 4) is 5.75 Å². The van der Waals surface area contributed by atoms with Crippen molar-refractivity contribution in [1.82, 2.24) is 0 Å². The van der Waals surface area contributed by atoms with Crippen LogP contribution in [0.3, 0.4) is 0 Å². The van der Waals surface area contributed by atoms with Gasteiger partial charge >= 0.3 is 5.97 Å². The highest BCUT2D eigenvalue weighted by Crippen LogP contribution is 2.46. The lowest BCUT2D eigenvalue weighted by Gasteiger charge is -2.23. The van der Waals surface area contributed by atoms with Gasteiger partial charge in [0.1, 0.15) is 5.75 Å². The third kappa shape index (κ3) is 5.15. The van der Waals surface area contributed by atoms with Gasteiger partial charge in [0.15, 0.2) is 12.4 Å². The monoisotopic (exact) mass is 534 g/mol. The molecule has 1 heterocycles. The Hall–Kier alpha value is -4.11. The lowest BCUT2D eigenvalue weighted by molar-refractivity contribution is -0.117. The van der Waals surface area contributed by atoms with Crippen molar-refractivity contribution < 1.29 is 27.5 Å². The van der Waals surface area contributed by atoms with Crippen molar-refractivity contribution in [3.63, 3.8) is 0 Å². The van der Waals surface area contributed by atoms with Gasteiger partial charge in [-0.2, -0.15) is 0 Å². The number of sulfonamides is 1. The number of likely N-dealkylation sites (N-methyl/N-ethyl adjacent to an activating group) is 1. The number of benzene rings is 3. The molecule has 0 amide bonds. The molecule has 8 nitrogen and oxygen atoms in total. The highest BCUT2D eigenvalue weighted by molar-refractivity contribution is 7.92. The molecule has 0 fully saturated rings. The van der Waals surface area contributed by atoms with Crippen molar-refractivity contribution in [2.24, 2.45) is 0 Å². The summed E-state index contributed by atoms with van der Waals surface area (Å²) in [7, 11) is -0.709. The van der Waals surface area contributed by atoms with Crippen molar-refractivity contribution in [2.45, 2.75) is 31.1 Å². The fraction of sp³-hybridized carbons (Fsp3) is 0.241. The number of methoxy groups -OCH3 is 1. The van der Waals surface area contributed by atoms with E-state index in [1.54, 1.807) is 31.2 Å². The van der Waals surface area contributed by atoms with Crippen LogP contribution in [0.25, 0.3) is 0 Å². The SMILES string of the molecule is COc1ccccc1NS(=O)(=O)c1cc(C(=O)OCC(=O)C=C2N(C)c3ccccc3C2(C)C)ccc1C. The Morgan fingerprint density at radius 2 is 1.71 bits per heavy atom. The van der Waals surface area contributed by atoms with Crippen LogP contribution in [0.4, 0.5) is 11.4 Å². The van der Waals surface area contributed by atoms with Crippen molar-refractivity contribution in [3.05, 3.63) is 95.2 Å². The molecule has 1 aliphatic rings. The van der Waals surface area contributed by atoms with Crippen molar-refractivity contribution >= 4 is 33.2 Å². The predicted molar refractivity (Wildman–Crippen MR) is 146 cm³/mol. The summed E-state index contributed by atoms with van der Waals surface area (Å²) < 4.78 is 39.2. The van der Waals surface area contributed by atoms with E-state index in [9.17, 15) is 18.0 Å². The highest BCUT2D eigenvalue weighted by atomic mass is 32.2. The third-order valence-corrected chi connectivity index (χ3v) is 8.16. The number of fused-ring (bicyclic) bond motifs is 1. The number of para-hydroxylation sites is 3. The molecule has 1 N–H and O–H groups in total. The van der Waals surface area contributed by atoms with Crippen LogP contribution in [0.1, 0.15) is 35.3 Å². The zero-order valence-corrected chi connectivity index (χ0v) is 22.8. The normalized spacial score (nSPS) is 15.2. The lowest BCUT2D eigenvalue weighted by atomic mass is 9.83. The summed E-state index contributed by atoms with van der Waals surface area (Å²) in [6.45, 7) is 5.22. The maximum atomic E-state index is 13.1. The van der Waals surface area contributed by atoms with E-state index in [0.717, 1.165) is 16.9 Å².